The van der Waals surface area contributed by atoms with Crippen molar-refractivity contribution >= 4 is 63.2 Å². The smallest absolute Gasteiger partial charge is 0.319 e. The second kappa shape index (κ2) is 9.82. The quantitative estimate of drug-likeness (QED) is 0.302. The zero-order valence-corrected chi connectivity index (χ0v) is 20.7. The molecule has 0 aliphatic rings. The van der Waals surface area contributed by atoms with Crippen LogP contribution in [0.5, 0.6) is 0 Å². The van der Waals surface area contributed by atoms with Gasteiger partial charge in [-0.15, -0.1) is 0 Å². The molecule has 0 saturated carbocycles. The minimum atomic E-state index is -0.941. The molecule has 1 heterocycles. The van der Waals surface area contributed by atoms with Crippen molar-refractivity contribution in [1.82, 2.24) is 4.68 Å². The number of nitrogens with zero attached hydrogens (tertiary/aromatic N) is 1. The number of fused-ring (bicyclic) bond motifs is 1. The monoisotopic (exact) mass is 508 g/mol. The van der Waals surface area contributed by atoms with E-state index in [1.807, 2.05) is 32.9 Å². The zero-order valence-electron chi connectivity index (χ0n) is 19.2. The van der Waals surface area contributed by atoms with E-state index in [0.717, 1.165) is 16.7 Å². The number of amides is 3. The molecule has 0 spiro atoms. The molecular weight excluding hydrogens is 487 g/mol. The van der Waals surface area contributed by atoms with Gasteiger partial charge in [0.1, 0.15) is 5.69 Å². The topological polar surface area (TPSA) is 92.2 Å². The third-order valence-electron chi connectivity index (χ3n) is 5.45. The second-order valence-electron chi connectivity index (χ2n) is 8.17. The maximum Gasteiger partial charge on any atom is 0.328 e. The molecule has 0 unspecified atom stereocenters. The number of aromatic nitrogens is 1. The lowest BCUT2D eigenvalue weighted by atomic mass is 10.1. The molecule has 0 radical (unpaired) electrons. The summed E-state index contributed by atoms with van der Waals surface area (Å²) in [5.41, 5.74) is 6.81. The Morgan fingerprint density at radius 1 is 0.800 bits per heavy atom. The van der Waals surface area contributed by atoms with E-state index in [1.165, 1.54) is 4.68 Å². The van der Waals surface area contributed by atoms with E-state index >= 15 is 0 Å². The van der Waals surface area contributed by atoms with E-state index < -0.39 is 17.7 Å². The zero-order chi connectivity index (χ0) is 25.3. The van der Waals surface area contributed by atoms with Gasteiger partial charge in [0, 0.05) is 16.1 Å². The van der Waals surface area contributed by atoms with Crippen molar-refractivity contribution in [1.29, 1.82) is 0 Å². The lowest BCUT2D eigenvalue weighted by Crippen LogP contribution is -2.36. The van der Waals surface area contributed by atoms with Crippen LogP contribution < -0.4 is 16.1 Å². The number of hydrogen-bond donors (Lipinski definition) is 3. The summed E-state index contributed by atoms with van der Waals surface area (Å²) in [5.74, 6) is -2.34. The van der Waals surface area contributed by atoms with Gasteiger partial charge < -0.3 is 10.6 Å². The van der Waals surface area contributed by atoms with Crippen LogP contribution in [-0.2, 0) is 9.59 Å². The van der Waals surface area contributed by atoms with Crippen molar-refractivity contribution in [3.05, 3.63) is 93.1 Å². The van der Waals surface area contributed by atoms with E-state index in [2.05, 4.69) is 16.1 Å². The van der Waals surface area contributed by atoms with E-state index in [1.54, 1.807) is 48.5 Å². The molecular formula is C26H22Cl2N4O3. The SMILES string of the molecule is Cc1cc(C)c(NC(=O)C(=O)Nn2c(C(=O)Nc3ccccc3Cl)cc3cc(Cl)ccc32)c(C)c1. The van der Waals surface area contributed by atoms with E-state index in [0.29, 0.717) is 32.3 Å². The van der Waals surface area contributed by atoms with Crippen molar-refractivity contribution in [3.63, 3.8) is 0 Å². The highest BCUT2D eigenvalue weighted by Crippen LogP contribution is 2.26. The number of halogens is 2. The van der Waals surface area contributed by atoms with Gasteiger partial charge in [-0.2, -0.15) is 0 Å². The van der Waals surface area contributed by atoms with Gasteiger partial charge in [-0.25, -0.2) is 4.68 Å². The molecule has 4 rings (SSSR count). The van der Waals surface area contributed by atoms with Gasteiger partial charge in [0.25, 0.3) is 5.91 Å². The van der Waals surface area contributed by atoms with Gasteiger partial charge in [0.05, 0.1) is 16.2 Å². The van der Waals surface area contributed by atoms with Crippen LogP contribution in [0.4, 0.5) is 11.4 Å². The summed E-state index contributed by atoms with van der Waals surface area (Å²) in [6.07, 6.45) is 0. The molecule has 7 nitrogen and oxygen atoms in total. The Balaban J connectivity index is 1.65. The lowest BCUT2D eigenvalue weighted by Gasteiger charge is -2.15. The maximum atomic E-state index is 13.1. The molecule has 4 aromatic rings. The van der Waals surface area contributed by atoms with Crippen LogP contribution in [0.2, 0.25) is 10.0 Å². The molecule has 0 aliphatic heterocycles. The molecule has 3 amide bonds. The van der Waals surface area contributed by atoms with Crippen molar-refractivity contribution < 1.29 is 14.4 Å². The predicted molar refractivity (Wildman–Crippen MR) is 140 cm³/mol. The van der Waals surface area contributed by atoms with Crippen LogP contribution in [-0.4, -0.2) is 22.4 Å². The summed E-state index contributed by atoms with van der Waals surface area (Å²) in [5, 5.41) is 6.82. The Bertz CT molecular complexity index is 1470. The number of nitrogens with one attached hydrogen (secondary N) is 3. The number of anilines is 2. The number of hydrogen-bond acceptors (Lipinski definition) is 3. The molecule has 0 saturated heterocycles. The number of aryl methyl sites for hydroxylation is 3. The van der Waals surface area contributed by atoms with Gasteiger partial charge in [0.2, 0.25) is 0 Å². The first-order valence-corrected chi connectivity index (χ1v) is 11.5. The fourth-order valence-corrected chi connectivity index (χ4v) is 4.29. The van der Waals surface area contributed by atoms with Crippen LogP contribution in [0.3, 0.4) is 0 Å². The Kier molecular flexibility index (Phi) is 6.82. The van der Waals surface area contributed by atoms with E-state index in [4.69, 9.17) is 23.2 Å². The van der Waals surface area contributed by atoms with Gasteiger partial charge in [-0.1, -0.05) is 53.0 Å². The van der Waals surface area contributed by atoms with Crippen molar-refractivity contribution in [2.45, 2.75) is 20.8 Å². The Morgan fingerprint density at radius 3 is 2.17 bits per heavy atom. The molecule has 9 heteroatoms. The number of carbonyl (C=O) groups excluding carboxylic acids is 3. The van der Waals surface area contributed by atoms with Crippen molar-refractivity contribution in [2.75, 3.05) is 16.1 Å². The molecule has 178 valence electrons. The first-order valence-electron chi connectivity index (χ1n) is 10.7. The molecule has 1 aromatic heterocycles. The predicted octanol–water partition coefficient (Wildman–Crippen LogP) is 5.83. The fraction of sp³-hybridized carbons (Fsp3) is 0.115. The fourth-order valence-electron chi connectivity index (χ4n) is 3.92. The number of carbonyl (C=O) groups is 3. The second-order valence-corrected chi connectivity index (χ2v) is 9.01. The van der Waals surface area contributed by atoms with Crippen molar-refractivity contribution in [3.8, 4) is 0 Å². The average molecular weight is 509 g/mol. The Morgan fingerprint density at radius 2 is 1.49 bits per heavy atom. The Hall–Kier alpha value is -3.81. The summed E-state index contributed by atoms with van der Waals surface area (Å²) < 4.78 is 1.26. The Labute approximate surface area is 212 Å². The molecule has 35 heavy (non-hydrogen) atoms. The summed E-state index contributed by atoms with van der Waals surface area (Å²) >= 11 is 12.3. The van der Waals surface area contributed by atoms with Crippen molar-refractivity contribution in [2.24, 2.45) is 0 Å². The number of para-hydroxylation sites is 1. The van der Waals surface area contributed by atoms with Crippen LogP contribution in [0.1, 0.15) is 27.2 Å². The third kappa shape index (κ3) is 5.16. The minimum Gasteiger partial charge on any atom is -0.319 e. The van der Waals surface area contributed by atoms with Crippen LogP contribution in [0.25, 0.3) is 10.9 Å². The molecule has 0 bridgehead atoms. The largest absolute Gasteiger partial charge is 0.328 e. The first kappa shape index (κ1) is 24.3. The average Bonchev–Trinajstić information content (AvgIpc) is 3.14. The summed E-state index contributed by atoms with van der Waals surface area (Å²) in [4.78, 5) is 38.8. The van der Waals surface area contributed by atoms with E-state index in [-0.39, 0.29) is 5.69 Å². The normalized spacial score (nSPS) is 10.8. The van der Waals surface area contributed by atoms with Gasteiger partial charge in [-0.05, 0) is 68.3 Å². The molecule has 3 aromatic carbocycles. The highest BCUT2D eigenvalue weighted by Gasteiger charge is 2.22. The van der Waals surface area contributed by atoms with Crippen LogP contribution in [0, 0.1) is 20.8 Å². The highest BCUT2D eigenvalue weighted by atomic mass is 35.5. The molecule has 0 atom stereocenters. The van der Waals surface area contributed by atoms with Crippen LogP contribution in [0.15, 0.2) is 60.7 Å². The summed E-state index contributed by atoms with van der Waals surface area (Å²) in [6.45, 7) is 5.67. The highest BCUT2D eigenvalue weighted by molar-refractivity contribution is 6.42. The summed E-state index contributed by atoms with van der Waals surface area (Å²) in [6, 6.07) is 17.1. The van der Waals surface area contributed by atoms with Gasteiger partial charge >= 0.3 is 11.8 Å². The minimum absolute atomic E-state index is 0.0889. The number of benzene rings is 3. The third-order valence-corrected chi connectivity index (χ3v) is 6.02. The van der Waals surface area contributed by atoms with Gasteiger partial charge in [-0.3, -0.25) is 19.8 Å². The van der Waals surface area contributed by atoms with Crippen LogP contribution >= 0.6 is 23.2 Å². The molecule has 0 aliphatic carbocycles. The lowest BCUT2D eigenvalue weighted by molar-refractivity contribution is -0.133. The summed E-state index contributed by atoms with van der Waals surface area (Å²) in [7, 11) is 0. The first-order chi connectivity index (χ1) is 16.6. The van der Waals surface area contributed by atoms with Gasteiger partial charge in [0.15, 0.2) is 0 Å². The number of rotatable bonds is 4. The maximum absolute atomic E-state index is 13.1. The standard InChI is InChI=1S/C26H22Cl2N4O3/c1-14-10-15(2)23(16(3)11-14)30-25(34)26(35)31-32-21-9-8-18(27)12-17(21)13-22(32)24(33)29-20-7-5-4-6-19(20)28/h4-13H,1-3H3,(H,29,33)(H,30,34)(H,31,35). The van der Waals surface area contributed by atoms with E-state index in [9.17, 15) is 14.4 Å². The molecule has 0 fully saturated rings. The molecule has 3 N–H and O–H groups in total.